The molecule has 196 valence electrons. The maximum absolute atomic E-state index is 13.0. The number of nitrogens with one attached hydrogen (secondary N) is 1. The summed E-state index contributed by atoms with van der Waals surface area (Å²) >= 11 is 7.83. The zero-order chi connectivity index (χ0) is 26.9. The van der Waals surface area contributed by atoms with E-state index in [-0.39, 0.29) is 24.7 Å². The van der Waals surface area contributed by atoms with Gasteiger partial charge in [-0.15, -0.1) is 21.5 Å². The molecule has 0 bridgehead atoms. The fourth-order valence-electron chi connectivity index (χ4n) is 4.23. The molecule has 0 radical (unpaired) electrons. The molecule has 0 aliphatic carbocycles. The molecule has 0 saturated heterocycles. The zero-order valence-electron chi connectivity index (χ0n) is 22.0. The first-order chi connectivity index (χ1) is 17.4. The average Bonchev–Trinajstić information content (AvgIpc) is 3.28. The predicted molar refractivity (Wildman–Crippen MR) is 146 cm³/mol. The Kier molecular flexibility index (Phi) is 7.85. The van der Waals surface area contributed by atoms with Crippen LogP contribution in [-0.2, 0) is 14.3 Å². The number of amides is 1. The lowest BCUT2D eigenvalue weighted by Gasteiger charge is -2.19. The number of ether oxygens (including phenoxy) is 1. The van der Waals surface area contributed by atoms with Crippen LogP contribution in [0.1, 0.15) is 79.3 Å². The van der Waals surface area contributed by atoms with Crippen LogP contribution in [0, 0.1) is 20.8 Å². The minimum Gasteiger partial charge on any atom is -0.460 e. The zero-order valence-corrected chi connectivity index (χ0v) is 23.6. The van der Waals surface area contributed by atoms with E-state index in [2.05, 4.69) is 29.4 Å². The third-order valence-electron chi connectivity index (χ3n) is 6.04. The third kappa shape index (κ3) is 6.10. The molecule has 10 heteroatoms. The number of aryl methyl sites for hydroxylation is 2. The summed E-state index contributed by atoms with van der Waals surface area (Å²) in [6.45, 7) is 12.0. The Morgan fingerprint density at radius 2 is 1.84 bits per heavy atom. The highest BCUT2D eigenvalue weighted by atomic mass is 35.5. The second kappa shape index (κ2) is 10.8. The van der Waals surface area contributed by atoms with Gasteiger partial charge < -0.3 is 10.1 Å². The van der Waals surface area contributed by atoms with Crippen molar-refractivity contribution in [2.75, 3.05) is 6.54 Å². The Bertz CT molecular complexity index is 1350. The van der Waals surface area contributed by atoms with Crippen molar-refractivity contribution in [2.24, 2.45) is 4.99 Å². The lowest BCUT2D eigenvalue weighted by Crippen LogP contribution is -2.28. The van der Waals surface area contributed by atoms with Crippen LogP contribution < -0.4 is 5.32 Å². The number of aliphatic imine (C=N–C) groups is 1. The number of rotatable bonds is 7. The molecule has 1 aliphatic heterocycles. The van der Waals surface area contributed by atoms with Gasteiger partial charge in [-0.1, -0.05) is 23.7 Å². The first-order valence-corrected chi connectivity index (χ1v) is 13.5. The van der Waals surface area contributed by atoms with E-state index < -0.39 is 11.6 Å². The van der Waals surface area contributed by atoms with Gasteiger partial charge in [0.05, 0.1) is 12.1 Å². The lowest BCUT2D eigenvalue weighted by molar-refractivity contribution is -0.155. The van der Waals surface area contributed by atoms with Gasteiger partial charge in [-0.05, 0) is 65.7 Å². The van der Waals surface area contributed by atoms with Crippen LogP contribution in [0.3, 0.4) is 0 Å². The maximum Gasteiger partial charge on any atom is 0.306 e. The summed E-state index contributed by atoms with van der Waals surface area (Å²) in [5.41, 5.74) is 3.37. The average molecular weight is 542 g/mol. The molecule has 1 atom stereocenters. The summed E-state index contributed by atoms with van der Waals surface area (Å²) < 4.78 is 7.35. The minimum absolute atomic E-state index is 0.106. The van der Waals surface area contributed by atoms with E-state index in [9.17, 15) is 9.59 Å². The van der Waals surface area contributed by atoms with Gasteiger partial charge in [0.15, 0.2) is 5.82 Å². The van der Waals surface area contributed by atoms with Gasteiger partial charge in [-0.25, -0.2) is 0 Å². The number of nitrogens with zero attached hydrogens (tertiary/aromatic N) is 4. The molecular formula is C27H32ClN5O3S. The van der Waals surface area contributed by atoms with Crippen molar-refractivity contribution < 1.29 is 14.3 Å². The Morgan fingerprint density at radius 1 is 1.14 bits per heavy atom. The predicted octanol–water partition coefficient (Wildman–Crippen LogP) is 5.43. The molecule has 0 saturated carbocycles. The first-order valence-electron chi connectivity index (χ1n) is 12.3. The SMILES string of the molecule is Cc1sc2c(c1C)C(c1ccc(Cl)cc1)=N[C@@H](CC(=O)NCCCC(=O)OC(C)(C)C)c1nnc(C)n1-2. The molecule has 3 heterocycles. The fraction of sp³-hybridized carbons (Fsp3) is 0.444. The van der Waals surface area contributed by atoms with E-state index in [4.69, 9.17) is 21.3 Å². The van der Waals surface area contributed by atoms with Crippen molar-refractivity contribution in [3.8, 4) is 5.00 Å². The number of fused-ring (bicyclic) bond motifs is 3. The molecule has 0 fully saturated rings. The standard InChI is InChI=1S/C27H32ClN5O3S/c1-15-16(2)37-26-23(15)24(18-9-11-19(28)12-10-18)30-20(25-32-31-17(3)33(25)26)14-21(34)29-13-7-8-22(35)36-27(4,5)6/h9-12,20H,7-8,13-14H2,1-6H3,(H,29,34)/t20-/m0/s1. The van der Waals surface area contributed by atoms with Crippen molar-refractivity contribution >= 4 is 40.5 Å². The number of thiophene rings is 1. The summed E-state index contributed by atoms with van der Waals surface area (Å²) in [4.78, 5) is 31.2. The molecular weight excluding hydrogens is 510 g/mol. The highest BCUT2D eigenvalue weighted by Gasteiger charge is 2.32. The maximum atomic E-state index is 13.0. The van der Waals surface area contributed by atoms with Gasteiger partial charge in [-0.2, -0.15) is 0 Å². The van der Waals surface area contributed by atoms with Gasteiger partial charge in [-0.3, -0.25) is 19.1 Å². The van der Waals surface area contributed by atoms with E-state index in [1.165, 1.54) is 4.88 Å². The number of hydrogen-bond donors (Lipinski definition) is 1. The monoisotopic (exact) mass is 541 g/mol. The Balaban J connectivity index is 1.59. The fourth-order valence-corrected chi connectivity index (χ4v) is 5.57. The van der Waals surface area contributed by atoms with E-state index in [1.807, 2.05) is 56.5 Å². The molecule has 1 amide bonds. The largest absolute Gasteiger partial charge is 0.460 e. The van der Waals surface area contributed by atoms with Crippen LogP contribution in [0.4, 0.5) is 0 Å². The smallest absolute Gasteiger partial charge is 0.306 e. The number of aromatic nitrogens is 3. The Hall–Kier alpha value is -3.04. The van der Waals surface area contributed by atoms with Gasteiger partial charge >= 0.3 is 5.97 Å². The van der Waals surface area contributed by atoms with Crippen LogP contribution in [-0.4, -0.2) is 44.5 Å². The molecule has 37 heavy (non-hydrogen) atoms. The van der Waals surface area contributed by atoms with Crippen molar-refractivity contribution in [3.63, 3.8) is 0 Å². The quantitative estimate of drug-likeness (QED) is 0.318. The number of halogens is 1. The second-order valence-electron chi connectivity index (χ2n) is 10.1. The molecule has 0 spiro atoms. The summed E-state index contributed by atoms with van der Waals surface area (Å²) in [7, 11) is 0. The number of esters is 1. The van der Waals surface area contributed by atoms with Crippen LogP contribution in [0.2, 0.25) is 5.02 Å². The van der Waals surface area contributed by atoms with Gasteiger partial charge in [0.2, 0.25) is 5.91 Å². The van der Waals surface area contributed by atoms with Crippen molar-refractivity contribution in [1.82, 2.24) is 20.1 Å². The van der Waals surface area contributed by atoms with E-state index in [0.717, 1.165) is 33.2 Å². The third-order valence-corrected chi connectivity index (χ3v) is 7.48. The number of benzene rings is 1. The van der Waals surface area contributed by atoms with Crippen LogP contribution >= 0.6 is 22.9 Å². The molecule has 8 nitrogen and oxygen atoms in total. The molecule has 1 aliphatic rings. The highest BCUT2D eigenvalue weighted by Crippen LogP contribution is 2.39. The normalized spacial score (nSPS) is 14.9. The summed E-state index contributed by atoms with van der Waals surface area (Å²) in [6, 6.07) is 7.05. The number of carbonyl (C=O) groups excluding carboxylic acids is 2. The summed E-state index contributed by atoms with van der Waals surface area (Å²) in [6.07, 6.45) is 0.844. The highest BCUT2D eigenvalue weighted by molar-refractivity contribution is 7.15. The van der Waals surface area contributed by atoms with Crippen molar-refractivity contribution in [3.05, 3.63) is 62.5 Å². The van der Waals surface area contributed by atoms with Crippen LogP contribution in [0.5, 0.6) is 0 Å². The van der Waals surface area contributed by atoms with Gasteiger partial charge in [0, 0.05) is 34.0 Å². The second-order valence-corrected chi connectivity index (χ2v) is 11.8. The van der Waals surface area contributed by atoms with Gasteiger partial charge in [0.1, 0.15) is 22.5 Å². The van der Waals surface area contributed by atoms with Crippen LogP contribution in [0.25, 0.3) is 5.00 Å². The van der Waals surface area contributed by atoms with E-state index in [1.54, 1.807) is 11.3 Å². The summed E-state index contributed by atoms with van der Waals surface area (Å²) in [5.74, 6) is 0.933. The van der Waals surface area contributed by atoms with E-state index >= 15 is 0 Å². The Morgan fingerprint density at radius 3 is 2.51 bits per heavy atom. The molecule has 2 aromatic heterocycles. The Labute approximate surface area is 226 Å². The number of carbonyl (C=O) groups is 2. The van der Waals surface area contributed by atoms with Crippen LogP contribution in [0.15, 0.2) is 29.3 Å². The summed E-state index contributed by atoms with van der Waals surface area (Å²) in [5, 5.41) is 13.3. The van der Waals surface area contributed by atoms with Crippen molar-refractivity contribution in [2.45, 2.75) is 72.4 Å². The lowest BCUT2D eigenvalue weighted by atomic mass is 9.99. The molecule has 1 N–H and O–H groups in total. The number of hydrogen-bond acceptors (Lipinski definition) is 7. The molecule has 4 rings (SSSR count). The molecule has 1 aromatic carbocycles. The molecule has 3 aromatic rings. The molecule has 0 unspecified atom stereocenters. The minimum atomic E-state index is -0.531. The topological polar surface area (TPSA) is 98.5 Å². The van der Waals surface area contributed by atoms with Crippen molar-refractivity contribution in [1.29, 1.82) is 0 Å². The van der Waals surface area contributed by atoms with Gasteiger partial charge in [0.25, 0.3) is 0 Å². The van der Waals surface area contributed by atoms with E-state index in [0.29, 0.717) is 23.8 Å². The first kappa shape index (κ1) is 27.0.